The number of carbonyl (C=O) groups is 2. The summed E-state index contributed by atoms with van der Waals surface area (Å²) in [5.74, 6) is 1.09. The second-order valence-electron chi connectivity index (χ2n) is 10.1. The summed E-state index contributed by atoms with van der Waals surface area (Å²) in [6.07, 6.45) is 0. The Kier molecular flexibility index (Phi) is 7.34. The van der Waals surface area contributed by atoms with Crippen LogP contribution in [0.2, 0.25) is 0 Å². The number of hydrogen-bond donors (Lipinski definition) is 3. The summed E-state index contributed by atoms with van der Waals surface area (Å²) >= 11 is 0. The van der Waals surface area contributed by atoms with Gasteiger partial charge in [-0.3, -0.25) is 9.59 Å². The van der Waals surface area contributed by atoms with Gasteiger partial charge in [-0.15, -0.1) is 0 Å². The first-order valence-electron chi connectivity index (χ1n) is 13.8. The zero-order chi connectivity index (χ0) is 30.1. The number of benzene rings is 5. The number of nitrogens with one attached hydrogen (secondary N) is 2. The molecule has 3 N–H and O–H groups in total. The Balaban J connectivity index is 1.26. The predicted octanol–water partition coefficient (Wildman–Crippen LogP) is 6.08. The molecule has 1 aliphatic carbocycles. The molecule has 2 amide bonds. The minimum absolute atomic E-state index is 0.0192. The number of methoxy groups -OCH3 is 3. The van der Waals surface area contributed by atoms with Gasteiger partial charge >= 0.3 is 0 Å². The van der Waals surface area contributed by atoms with E-state index in [-0.39, 0.29) is 30.7 Å². The van der Waals surface area contributed by atoms with E-state index in [0.29, 0.717) is 33.9 Å². The monoisotopic (exact) mass is 574 g/mol. The standard InChI is InChI=1S/C35H30N2O6/c1-41-30-12-5-8-22(33(30)43-3)19-37-35(40)27-16-15-26-28-17-20(13-14-23(28)24-9-6-10-25(27)31(24)26)34(39)36-18-21-7-4-11-29(38)32(21)42-2/h4-17,38H,18-19H2,1-3H3,(H,36,39)(H,37,40). The van der Waals surface area contributed by atoms with E-state index in [2.05, 4.69) is 10.6 Å². The highest BCUT2D eigenvalue weighted by atomic mass is 16.5. The topological polar surface area (TPSA) is 106 Å². The average molecular weight is 575 g/mol. The Bertz CT molecular complexity index is 1900. The van der Waals surface area contributed by atoms with E-state index >= 15 is 0 Å². The van der Waals surface area contributed by atoms with Crippen LogP contribution in [0.3, 0.4) is 0 Å². The van der Waals surface area contributed by atoms with Gasteiger partial charge in [-0.25, -0.2) is 0 Å². The summed E-state index contributed by atoms with van der Waals surface area (Å²) in [6.45, 7) is 0.471. The highest BCUT2D eigenvalue weighted by molar-refractivity contribution is 6.20. The first-order chi connectivity index (χ1) is 20.9. The van der Waals surface area contributed by atoms with Gasteiger partial charge in [0.1, 0.15) is 0 Å². The molecule has 0 aliphatic heterocycles. The molecule has 0 unspecified atom stereocenters. The molecular formula is C35H30N2O6. The minimum atomic E-state index is -0.246. The number of amides is 2. The molecular weight excluding hydrogens is 544 g/mol. The minimum Gasteiger partial charge on any atom is -0.504 e. The summed E-state index contributed by atoms with van der Waals surface area (Å²) in [6, 6.07) is 25.9. The number of carbonyl (C=O) groups excluding carboxylic acids is 2. The van der Waals surface area contributed by atoms with Gasteiger partial charge in [-0.2, -0.15) is 0 Å². The van der Waals surface area contributed by atoms with E-state index in [0.717, 1.165) is 38.6 Å². The van der Waals surface area contributed by atoms with Gasteiger partial charge in [0.25, 0.3) is 11.8 Å². The Morgan fingerprint density at radius 1 is 0.651 bits per heavy atom. The molecule has 0 atom stereocenters. The highest BCUT2D eigenvalue weighted by Crippen LogP contribution is 2.48. The SMILES string of the molecule is COc1cccc(CNC(=O)c2ccc3c4c(cccc24)-c2ccc(C(=O)NCc4cccc(O)c4OC)cc2-3)c1OC. The van der Waals surface area contributed by atoms with Crippen molar-refractivity contribution in [1.82, 2.24) is 10.6 Å². The Hall–Kier alpha value is -5.50. The van der Waals surface area contributed by atoms with Crippen LogP contribution in [0.1, 0.15) is 31.8 Å². The molecule has 0 spiro atoms. The molecule has 5 aromatic rings. The lowest BCUT2D eigenvalue weighted by molar-refractivity contribution is 0.0943. The lowest BCUT2D eigenvalue weighted by Crippen LogP contribution is -2.23. The van der Waals surface area contributed by atoms with Crippen molar-refractivity contribution < 1.29 is 28.9 Å². The molecule has 0 radical (unpaired) electrons. The van der Waals surface area contributed by atoms with Gasteiger partial charge in [0.05, 0.1) is 21.3 Å². The van der Waals surface area contributed by atoms with Gasteiger partial charge in [-0.1, -0.05) is 54.6 Å². The van der Waals surface area contributed by atoms with Crippen LogP contribution in [0.4, 0.5) is 0 Å². The summed E-state index contributed by atoms with van der Waals surface area (Å²) < 4.78 is 16.2. The molecule has 0 fully saturated rings. The number of ether oxygens (including phenoxy) is 3. The maximum Gasteiger partial charge on any atom is 0.252 e. The van der Waals surface area contributed by atoms with Crippen LogP contribution in [-0.2, 0) is 13.1 Å². The Morgan fingerprint density at radius 3 is 2.05 bits per heavy atom. The molecule has 6 rings (SSSR count). The van der Waals surface area contributed by atoms with Crippen LogP contribution in [0.25, 0.3) is 33.0 Å². The number of para-hydroxylation sites is 2. The second-order valence-corrected chi connectivity index (χ2v) is 10.1. The number of phenolic OH excluding ortho intramolecular Hbond substituents is 1. The average Bonchev–Trinajstić information content (AvgIpc) is 3.36. The van der Waals surface area contributed by atoms with Crippen molar-refractivity contribution in [3.8, 4) is 45.3 Å². The fraction of sp³-hybridized carbons (Fsp3) is 0.143. The van der Waals surface area contributed by atoms with Crippen molar-refractivity contribution >= 4 is 22.6 Å². The molecule has 8 heteroatoms. The Morgan fingerprint density at radius 2 is 1.30 bits per heavy atom. The summed E-state index contributed by atoms with van der Waals surface area (Å²) in [4.78, 5) is 26.6. The first-order valence-corrected chi connectivity index (χ1v) is 13.8. The molecule has 8 nitrogen and oxygen atoms in total. The van der Waals surface area contributed by atoms with Gasteiger partial charge in [0.15, 0.2) is 23.0 Å². The molecule has 0 saturated heterocycles. The normalized spacial score (nSPS) is 11.1. The van der Waals surface area contributed by atoms with Crippen LogP contribution in [-0.4, -0.2) is 38.3 Å². The predicted molar refractivity (Wildman–Crippen MR) is 165 cm³/mol. The van der Waals surface area contributed by atoms with E-state index in [9.17, 15) is 14.7 Å². The van der Waals surface area contributed by atoms with Crippen molar-refractivity contribution in [3.63, 3.8) is 0 Å². The third-order valence-electron chi connectivity index (χ3n) is 7.79. The molecule has 5 aromatic carbocycles. The third-order valence-corrected chi connectivity index (χ3v) is 7.79. The van der Waals surface area contributed by atoms with Crippen molar-refractivity contribution in [2.45, 2.75) is 13.1 Å². The van der Waals surface area contributed by atoms with Crippen LogP contribution in [0.15, 0.2) is 84.9 Å². The zero-order valence-corrected chi connectivity index (χ0v) is 24.0. The van der Waals surface area contributed by atoms with Gasteiger partial charge < -0.3 is 30.0 Å². The fourth-order valence-electron chi connectivity index (χ4n) is 5.78. The van der Waals surface area contributed by atoms with Crippen molar-refractivity contribution in [1.29, 1.82) is 0 Å². The Labute approximate surface area is 248 Å². The van der Waals surface area contributed by atoms with E-state index in [1.165, 1.54) is 13.2 Å². The summed E-state index contributed by atoms with van der Waals surface area (Å²) in [7, 11) is 4.63. The molecule has 0 heterocycles. The van der Waals surface area contributed by atoms with Crippen LogP contribution in [0, 0.1) is 0 Å². The van der Waals surface area contributed by atoms with Crippen molar-refractivity contribution in [3.05, 3.63) is 107 Å². The van der Waals surface area contributed by atoms with Gasteiger partial charge in [0, 0.05) is 35.3 Å². The number of hydrogen-bond acceptors (Lipinski definition) is 6. The number of aromatic hydroxyl groups is 1. The molecule has 1 aliphatic rings. The largest absolute Gasteiger partial charge is 0.504 e. The number of fused-ring (bicyclic) bond motifs is 3. The van der Waals surface area contributed by atoms with E-state index in [1.54, 1.807) is 32.4 Å². The fourth-order valence-corrected chi connectivity index (χ4v) is 5.78. The smallest absolute Gasteiger partial charge is 0.252 e. The zero-order valence-electron chi connectivity index (χ0n) is 24.0. The van der Waals surface area contributed by atoms with Crippen molar-refractivity contribution in [2.75, 3.05) is 21.3 Å². The first kappa shape index (κ1) is 27.7. The van der Waals surface area contributed by atoms with Crippen LogP contribution < -0.4 is 24.8 Å². The summed E-state index contributed by atoms with van der Waals surface area (Å²) in [5, 5.41) is 17.8. The van der Waals surface area contributed by atoms with Crippen LogP contribution in [0.5, 0.6) is 23.0 Å². The number of phenols is 1. The summed E-state index contributed by atoms with van der Waals surface area (Å²) in [5.41, 5.74) is 6.47. The van der Waals surface area contributed by atoms with E-state index in [4.69, 9.17) is 14.2 Å². The van der Waals surface area contributed by atoms with Gasteiger partial charge in [-0.05, 0) is 63.4 Å². The number of rotatable bonds is 9. The van der Waals surface area contributed by atoms with Crippen molar-refractivity contribution in [2.24, 2.45) is 0 Å². The lowest BCUT2D eigenvalue weighted by atomic mass is 9.98. The van der Waals surface area contributed by atoms with E-state index in [1.807, 2.05) is 60.7 Å². The second kappa shape index (κ2) is 11.4. The maximum absolute atomic E-state index is 13.4. The van der Waals surface area contributed by atoms with Gasteiger partial charge in [0.2, 0.25) is 0 Å². The quantitative estimate of drug-likeness (QED) is 0.193. The third kappa shape index (κ3) is 4.86. The molecule has 216 valence electrons. The molecule has 43 heavy (non-hydrogen) atoms. The molecule has 0 aromatic heterocycles. The molecule has 0 saturated carbocycles. The highest BCUT2D eigenvalue weighted by Gasteiger charge is 2.25. The lowest BCUT2D eigenvalue weighted by Gasteiger charge is -2.14. The molecule has 0 bridgehead atoms. The van der Waals surface area contributed by atoms with E-state index < -0.39 is 0 Å². The van der Waals surface area contributed by atoms with Crippen LogP contribution >= 0.6 is 0 Å². The maximum atomic E-state index is 13.4.